The van der Waals surface area contributed by atoms with Gasteiger partial charge in [0.05, 0.1) is 29.9 Å². The average molecular weight is 640 g/mol. The maximum absolute atomic E-state index is 13.9. The third-order valence-corrected chi connectivity index (χ3v) is 10.0. The molecule has 0 aromatic heterocycles. The molecule has 7 rings (SSSR count). The first-order chi connectivity index (χ1) is 22.0. The number of carbonyl (C=O) groups excluding carboxylic acids is 3. The second kappa shape index (κ2) is 11.5. The monoisotopic (exact) mass is 639 g/mol. The minimum absolute atomic E-state index is 0.0228. The first-order valence-corrected chi connectivity index (χ1v) is 15.5. The van der Waals surface area contributed by atoms with Crippen molar-refractivity contribution in [1.29, 1.82) is 0 Å². The van der Waals surface area contributed by atoms with E-state index in [2.05, 4.69) is 4.90 Å². The van der Waals surface area contributed by atoms with Crippen molar-refractivity contribution in [1.82, 2.24) is 4.90 Å². The van der Waals surface area contributed by atoms with Gasteiger partial charge in [0.1, 0.15) is 29.8 Å². The van der Waals surface area contributed by atoms with Crippen molar-refractivity contribution in [2.75, 3.05) is 26.9 Å². The molecule has 13 nitrogen and oxygen atoms in total. The highest BCUT2D eigenvalue weighted by Crippen LogP contribution is 2.53. The number of ether oxygens (including phenoxy) is 5. The van der Waals surface area contributed by atoms with E-state index in [1.54, 1.807) is 25.3 Å². The zero-order valence-corrected chi connectivity index (χ0v) is 25.7. The number of benzene rings is 1. The summed E-state index contributed by atoms with van der Waals surface area (Å²) in [5.41, 5.74) is -2.96. The predicted octanol–water partition coefficient (Wildman–Crippen LogP) is 1.37. The lowest BCUT2D eigenvalue weighted by atomic mass is 9.71. The van der Waals surface area contributed by atoms with E-state index in [0.717, 1.165) is 0 Å². The van der Waals surface area contributed by atoms with Crippen molar-refractivity contribution in [3.8, 4) is 11.5 Å². The van der Waals surface area contributed by atoms with E-state index in [1.165, 1.54) is 6.08 Å². The van der Waals surface area contributed by atoms with Crippen molar-refractivity contribution in [2.45, 2.75) is 81.9 Å². The van der Waals surface area contributed by atoms with Crippen molar-refractivity contribution in [3.63, 3.8) is 0 Å². The van der Waals surface area contributed by atoms with Crippen molar-refractivity contribution in [2.24, 2.45) is 5.92 Å². The van der Waals surface area contributed by atoms with Crippen LogP contribution in [0, 0.1) is 5.92 Å². The highest BCUT2D eigenvalue weighted by atomic mass is 16.7. The second-order valence-corrected chi connectivity index (χ2v) is 12.8. The first kappa shape index (κ1) is 31.3. The van der Waals surface area contributed by atoms with E-state index < -0.39 is 90.5 Å². The van der Waals surface area contributed by atoms with Crippen LogP contribution >= 0.6 is 0 Å². The van der Waals surface area contributed by atoms with E-state index in [4.69, 9.17) is 23.7 Å². The Balaban J connectivity index is 1.29. The number of fused-ring (bicyclic) bond motifs is 6. The van der Waals surface area contributed by atoms with Gasteiger partial charge in [-0.1, -0.05) is 31.2 Å². The Labute approximate surface area is 264 Å². The number of aromatic hydroxyl groups is 2. The minimum Gasteiger partial charge on any atom is -0.507 e. The summed E-state index contributed by atoms with van der Waals surface area (Å²) in [4.78, 5) is 42.6. The lowest BCUT2D eigenvalue weighted by molar-refractivity contribution is -0.256. The Morgan fingerprint density at radius 3 is 2.59 bits per heavy atom. The van der Waals surface area contributed by atoms with Crippen LogP contribution in [0.4, 0.5) is 0 Å². The standard InChI is InChI=1S/C33H37NO12/c1-14-5-4-6-16-17(9-14)27(38)25-24(26(16)37)28(39)18-11-33(41,21(36)13-35)12-20(23(18)29(25)40)45-22-10-19-30(15(2)44-22)46-31-32(42-3)43-8-7-34(19)31/h4-6,9,14-15,19-20,22,30-32,35,39-41H,7-8,10-13H2,1-3H3. The minimum atomic E-state index is -2.21. The molecule has 3 saturated heterocycles. The molecule has 0 saturated carbocycles. The van der Waals surface area contributed by atoms with Crippen molar-refractivity contribution in [3.05, 3.63) is 57.7 Å². The number of aliphatic hydroxyl groups is 2. The molecule has 13 heteroatoms. The van der Waals surface area contributed by atoms with Gasteiger partial charge in [0, 0.05) is 61.2 Å². The number of allylic oxidation sites excluding steroid dienone is 6. The van der Waals surface area contributed by atoms with Gasteiger partial charge in [-0.25, -0.2) is 0 Å². The highest BCUT2D eigenvalue weighted by molar-refractivity contribution is 6.33. The van der Waals surface area contributed by atoms with E-state index in [9.17, 15) is 34.8 Å². The molecule has 3 aliphatic carbocycles. The molecular weight excluding hydrogens is 602 g/mol. The van der Waals surface area contributed by atoms with Gasteiger partial charge in [0.2, 0.25) is 0 Å². The van der Waals surface area contributed by atoms with Gasteiger partial charge < -0.3 is 44.1 Å². The number of phenolic OH excluding ortho intramolecular Hbond substituents is 2. The summed E-state index contributed by atoms with van der Waals surface area (Å²) in [5.74, 6) is -3.63. The zero-order chi connectivity index (χ0) is 32.7. The quantitative estimate of drug-likeness (QED) is 0.340. The lowest BCUT2D eigenvalue weighted by Crippen LogP contribution is -2.55. The Bertz CT molecular complexity index is 1600. The molecule has 6 aliphatic rings. The average Bonchev–Trinajstić information content (AvgIpc) is 3.29. The Hall–Kier alpha value is -3.27. The van der Waals surface area contributed by atoms with Crippen LogP contribution in [-0.2, 0) is 34.9 Å². The van der Waals surface area contributed by atoms with Crippen molar-refractivity contribution < 1.29 is 58.5 Å². The van der Waals surface area contributed by atoms with E-state index >= 15 is 0 Å². The molecule has 0 radical (unpaired) electrons. The summed E-state index contributed by atoms with van der Waals surface area (Å²) < 4.78 is 30.1. The number of aliphatic hydroxyl groups excluding tert-OH is 1. The first-order valence-electron chi connectivity index (χ1n) is 15.5. The number of hydrogen-bond acceptors (Lipinski definition) is 13. The zero-order valence-electron chi connectivity index (χ0n) is 25.7. The van der Waals surface area contributed by atoms with E-state index in [0.29, 0.717) is 19.6 Å². The third kappa shape index (κ3) is 4.72. The number of phenols is 2. The number of ketones is 3. The summed E-state index contributed by atoms with van der Waals surface area (Å²) in [6.07, 6.45) is 1.93. The maximum atomic E-state index is 13.9. The molecule has 9 unspecified atom stereocenters. The van der Waals surface area contributed by atoms with Crippen LogP contribution < -0.4 is 0 Å². The number of morpholine rings is 1. The fourth-order valence-corrected chi connectivity index (χ4v) is 7.80. The van der Waals surface area contributed by atoms with Crippen LogP contribution in [0.3, 0.4) is 0 Å². The Kier molecular flexibility index (Phi) is 7.81. The van der Waals surface area contributed by atoms with Gasteiger partial charge in [-0.2, -0.15) is 0 Å². The molecule has 3 fully saturated rings. The molecule has 1 aromatic carbocycles. The Morgan fingerprint density at radius 2 is 1.85 bits per heavy atom. The van der Waals surface area contributed by atoms with Gasteiger partial charge in [-0.3, -0.25) is 19.3 Å². The van der Waals surface area contributed by atoms with Crippen LogP contribution in [0.15, 0.2) is 35.5 Å². The number of carbonyl (C=O) groups is 3. The highest BCUT2D eigenvalue weighted by Gasteiger charge is 2.55. The third-order valence-electron chi connectivity index (χ3n) is 10.0. The second-order valence-electron chi connectivity index (χ2n) is 12.8. The van der Waals surface area contributed by atoms with Crippen LogP contribution in [-0.4, -0.2) is 112 Å². The maximum Gasteiger partial charge on any atom is 0.198 e. The molecule has 1 aromatic rings. The molecule has 0 amide bonds. The molecular formula is C33H37NO12. The number of methoxy groups -OCH3 is 1. The molecule has 3 aliphatic heterocycles. The van der Waals surface area contributed by atoms with E-state index in [1.807, 2.05) is 13.8 Å². The largest absolute Gasteiger partial charge is 0.507 e. The normalized spacial score (nSPS) is 36.9. The van der Waals surface area contributed by atoms with Crippen LogP contribution in [0.2, 0.25) is 0 Å². The molecule has 246 valence electrons. The molecule has 3 heterocycles. The van der Waals surface area contributed by atoms with Gasteiger partial charge >= 0.3 is 0 Å². The SMILES string of the molecule is COC1OCCN2C3CC(OC4CC(O)(C(=O)CO)Cc5c(O)c6c(c(O)c54)C(=O)C4=CC(C)C=CC=C4C6=O)OC(C)C3OC12. The number of nitrogens with zero attached hydrogens (tertiary/aromatic N) is 1. The molecule has 0 bridgehead atoms. The summed E-state index contributed by atoms with van der Waals surface area (Å²) in [7, 11) is 1.54. The van der Waals surface area contributed by atoms with Gasteiger partial charge in [0.15, 0.2) is 36.2 Å². The summed E-state index contributed by atoms with van der Waals surface area (Å²) in [6, 6.07) is -0.158. The smallest absolute Gasteiger partial charge is 0.198 e. The van der Waals surface area contributed by atoms with Gasteiger partial charge in [-0.15, -0.1) is 0 Å². The van der Waals surface area contributed by atoms with Crippen LogP contribution in [0.25, 0.3) is 0 Å². The van der Waals surface area contributed by atoms with Crippen LogP contribution in [0.5, 0.6) is 11.5 Å². The van der Waals surface area contributed by atoms with Crippen molar-refractivity contribution >= 4 is 17.3 Å². The van der Waals surface area contributed by atoms with Gasteiger partial charge in [-0.05, 0) is 12.8 Å². The molecule has 4 N–H and O–H groups in total. The van der Waals surface area contributed by atoms with E-state index in [-0.39, 0.29) is 45.9 Å². The topological polar surface area (TPSA) is 182 Å². The summed E-state index contributed by atoms with van der Waals surface area (Å²) >= 11 is 0. The van der Waals surface area contributed by atoms with Gasteiger partial charge in [0.25, 0.3) is 0 Å². The Morgan fingerprint density at radius 1 is 1.11 bits per heavy atom. The lowest BCUT2D eigenvalue weighted by Gasteiger charge is -2.43. The molecule has 46 heavy (non-hydrogen) atoms. The number of rotatable bonds is 5. The number of Topliss-reactive ketones (excluding diaryl/α,β-unsaturated/α-hetero) is 3. The van der Waals surface area contributed by atoms with Crippen LogP contribution in [0.1, 0.15) is 64.6 Å². The number of hydrogen-bond donors (Lipinski definition) is 4. The summed E-state index contributed by atoms with van der Waals surface area (Å²) in [6.45, 7) is 3.71. The summed E-state index contributed by atoms with van der Waals surface area (Å²) in [5, 5.41) is 44.6. The fraction of sp³-hybridized carbons (Fsp3) is 0.545. The molecule has 0 spiro atoms. The molecule has 9 atom stereocenters. The fourth-order valence-electron chi connectivity index (χ4n) is 7.80. The predicted molar refractivity (Wildman–Crippen MR) is 157 cm³/mol.